The Morgan fingerprint density at radius 1 is 0.250 bits per heavy atom. The lowest BCUT2D eigenvalue weighted by Crippen LogP contribution is -2.02. The zero-order valence-corrected chi connectivity index (χ0v) is 27.2. The third kappa shape index (κ3) is 11.5. The molecule has 0 aliphatic carbocycles. The van der Waals surface area contributed by atoms with E-state index in [9.17, 15) is 34.5 Å². The van der Waals surface area contributed by atoms with Gasteiger partial charge >= 0.3 is 37.5 Å². The fraction of sp³-hybridized carbons (Fsp3) is 0. The van der Waals surface area contributed by atoms with Gasteiger partial charge in [0.25, 0.3) is 0 Å². The molecule has 2 aromatic heterocycles. The van der Waals surface area contributed by atoms with Crippen LogP contribution in [0.15, 0.2) is 179 Å². The standard InChI is InChI=1S/C40H28O2.2BF4/c1-5-13-31(14-6-1)37-25-35(26-38(41-37)32-15-7-2-8-16-32)29-21-23-30(24-22-29)36-27-39(33-17-9-3-10-18-33)42-40(28-36)34-19-11-4-12-20-34;2*2-1(3,4)5/h1-28H;;/q+2;2*-1. The third-order valence-corrected chi connectivity index (χ3v) is 7.37. The minimum absolute atomic E-state index is 0.834. The van der Waals surface area contributed by atoms with Crippen molar-refractivity contribution < 1.29 is 43.4 Å². The summed E-state index contributed by atoms with van der Waals surface area (Å²) in [5, 5.41) is 0. The van der Waals surface area contributed by atoms with Crippen LogP contribution in [0, 0.1) is 0 Å². The van der Waals surface area contributed by atoms with Gasteiger partial charge in [0.15, 0.2) is 0 Å². The Labute approximate surface area is 294 Å². The van der Waals surface area contributed by atoms with Crippen LogP contribution in [0.3, 0.4) is 0 Å². The maximum atomic E-state index is 9.75. The summed E-state index contributed by atoms with van der Waals surface area (Å²) >= 11 is 0. The highest BCUT2D eigenvalue weighted by molar-refractivity contribution is 6.50. The minimum atomic E-state index is -6.00. The third-order valence-electron chi connectivity index (χ3n) is 7.37. The average Bonchev–Trinajstić information content (AvgIpc) is 3.15. The first kappa shape index (κ1) is 37.2. The maximum absolute atomic E-state index is 9.75. The Morgan fingerprint density at radius 3 is 0.635 bits per heavy atom. The normalized spacial score (nSPS) is 11.1. The molecule has 7 aromatic rings. The van der Waals surface area contributed by atoms with Crippen LogP contribution in [0.2, 0.25) is 0 Å². The van der Waals surface area contributed by atoms with Crippen molar-refractivity contribution in [2.75, 3.05) is 0 Å². The summed E-state index contributed by atoms with van der Waals surface area (Å²) in [4.78, 5) is 0. The van der Waals surface area contributed by atoms with Gasteiger partial charge in [-0.3, -0.25) is 0 Å². The lowest BCUT2D eigenvalue weighted by molar-refractivity contribution is 0.366. The summed E-state index contributed by atoms with van der Waals surface area (Å²) in [6, 6.07) is 58.2. The molecular weight excluding hydrogens is 686 g/mol. The van der Waals surface area contributed by atoms with Gasteiger partial charge in [-0.25, -0.2) is 8.83 Å². The molecule has 0 amide bonds. The van der Waals surface area contributed by atoms with Crippen LogP contribution in [0.1, 0.15) is 0 Å². The average molecular weight is 714 g/mol. The molecule has 0 fully saturated rings. The molecule has 2 heterocycles. The van der Waals surface area contributed by atoms with E-state index in [1.165, 1.54) is 0 Å². The van der Waals surface area contributed by atoms with E-state index in [1.54, 1.807) is 0 Å². The lowest BCUT2D eigenvalue weighted by Gasteiger charge is -2.06. The number of benzene rings is 5. The molecule has 7 rings (SSSR count). The molecule has 0 aliphatic rings. The zero-order chi connectivity index (χ0) is 37.1. The van der Waals surface area contributed by atoms with Crippen LogP contribution < -0.4 is 0 Å². The fourth-order valence-corrected chi connectivity index (χ4v) is 5.17. The molecule has 0 saturated heterocycles. The zero-order valence-electron chi connectivity index (χ0n) is 27.2. The molecule has 5 aromatic carbocycles. The van der Waals surface area contributed by atoms with Gasteiger partial charge in [0, 0.05) is 11.1 Å². The smallest absolute Gasteiger partial charge is 0.418 e. The molecule has 0 saturated carbocycles. The van der Waals surface area contributed by atoms with E-state index in [2.05, 4.69) is 97.1 Å². The highest BCUT2D eigenvalue weighted by Gasteiger charge is 2.23. The molecule has 12 heteroatoms. The quantitative estimate of drug-likeness (QED) is 0.0972. The lowest BCUT2D eigenvalue weighted by atomic mass is 9.97. The maximum Gasteiger partial charge on any atom is 0.673 e. The number of hydrogen-bond donors (Lipinski definition) is 0. The molecule has 0 spiro atoms. The molecule has 0 atom stereocenters. The van der Waals surface area contributed by atoms with E-state index in [-0.39, 0.29) is 0 Å². The van der Waals surface area contributed by atoms with Gasteiger partial charge in [-0.05, 0) is 59.7 Å². The van der Waals surface area contributed by atoms with Gasteiger partial charge in [0.2, 0.25) is 0 Å². The summed E-state index contributed by atoms with van der Waals surface area (Å²) in [6.07, 6.45) is 0. The molecular formula is C40H28B2F8O2. The Kier molecular flexibility index (Phi) is 12.0. The Morgan fingerprint density at radius 2 is 0.442 bits per heavy atom. The van der Waals surface area contributed by atoms with E-state index >= 15 is 0 Å². The molecule has 2 nitrogen and oxygen atoms in total. The van der Waals surface area contributed by atoms with Crippen molar-refractivity contribution in [3.8, 4) is 67.5 Å². The molecule has 0 unspecified atom stereocenters. The van der Waals surface area contributed by atoms with Crippen molar-refractivity contribution in [3.63, 3.8) is 0 Å². The molecule has 262 valence electrons. The topological polar surface area (TPSA) is 22.6 Å². The number of rotatable bonds is 6. The van der Waals surface area contributed by atoms with Crippen molar-refractivity contribution in [1.29, 1.82) is 0 Å². The number of hydrogen-bond acceptors (Lipinski definition) is 0. The van der Waals surface area contributed by atoms with Gasteiger partial charge in [-0.15, -0.1) is 0 Å². The van der Waals surface area contributed by atoms with Gasteiger partial charge < -0.3 is 34.5 Å². The molecule has 0 aliphatic heterocycles. The minimum Gasteiger partial charge on any atom is -0.418 e. The second-order valence-electron chi connectivity index (χ2n) is 11.2. The van der Waals surface area contributed by atoms with E-state index in [0.717, 1.165) is 67.5 Å². The van der Waals surface area contributed by atoms with Gasteiger partial charge in [-0.2, -0.15) is 0 Å². The Balaban J connectivity index is 0.000000464. The first-order valence-corrected chi connectivity index (χ1v) is 15.8. The summed E-state index contributed by atoms with van der Waals surface area (Å²) in [5.41, 5.74) is 8.62. The Bertz CT molecular complexity index is 1880. The van der Waals surface area contributed by atoms with Crippen molar-refractivity contribution in [3.05, 3.63) is 170 Å². The van der Waals surface area contributed by atoms with Gasteiger partial charge in [0.05, 0.1) is 46.5 Å². The summed E-state index contributed by atoms with van der Waals surface area (Å²) in [6.45, 7) is 0. The Hall–Kier alpha value is -6.03. The van der Waals surface area contributed by atoms with Crippen LogP contribution in [0.5, 0.6) is 0 Å². The van der Waals surface area contributed by atoms with E-state index in [0.29, 0.717) is 0 Å². The molecule has 0 bridgehead atoms. The van der Waals surface area contributed by atoms with Gasteiger partial charge in [0.1, 0.15) is 0 Å². The summed E-state index contributed by atoms with van der Waals surface area (Å²) < 4.78 is 90.8. The van der Waals surface area contributed by atoms with E-state index < -0.39 is 14.5 Å². The van der Waals surface area contributed by atoms with Gasteiger partial charge in [-0.1, -0.05) is 97.1 Å². The molecule has 52 heavy (non-hydrogen) atoms. The second-order valence-corrected chi connectivity index (χ2v) is 11.2. The first-order chi connectivity index (χ1) is 24.8. The van der Waals surface area contributed by atoms with Crippen molar-refractivity contribution in [1.82, 2.24) is 0 Å². The van der Waals surface area contributed by atoms with Crippen LogP contribution in [0.4, 0.5) is 34.5 Å². The summed E-state index contributed by atoms with van der Waals surface area (Å²) in [5.74, 6) is 3.34. The highest BCUT2D eigenvalue weighted by Crippen LogP contribution is 2.36. The predicted molar refractivity (Wildman–Crippen MR) is 193 cm³/mol. The van der Waals surface area contributed by atoms with E-state index in [1.807, 2.05) is 72.8 Å². The van der Waals surface area contributed by atoms with Crippen molar-refractivity contribution in [2.24, 2.45) is 0 Å². The van der Waals surface area contributed by atoms with Crippen LogP contribution >= 0.6 is 0 Å². The molecule has 0 N–H and O–H groups in total. The predicted octanol–water partition coefficient (Wildman–Crippen LogP) is 14.0. The summed E-state index contributed by atoms with van der Waals surface area (Å²) in [7, 11) is -12.0. The largest absolute Gasteiger partial charge is 0.673 e. The monoisotopic (exact) mass is 714 g/mol. The first-order valence-electron chi connectivity index (χ1n) is 15.8. The fourth-order valence-electron chi connectivity index (χ4n) is 5.17. The van der Waals surface area contributed by atoms with E-state index in [4.69, 9.17) is 8.83 Å². The SMILES string of the molecule is F[B-](F)(F)F.F[B-](F)(F)F.c1ccc(-c2cc(-c3ccc(-c4cc(-c5ccccc5)[o+]c(-c5ccccc5)c4)cc3)cc(-c3ccccc3)[o+]2)cc1. The molecule has 0 radical (unpaired) electrons. The van der Waals surface area contributed by atoms with Crippen molar-refractivity contribution in [2.45, 2.75) is 0 Å². The second kappa shape index (κ2) is 16.8. The van der Waals surface area contributed by atoms with Crippen LogP contribution in [-0.4, -0.2) is 14.5 Å². The van der Waals surface area contributed by atoms with Crippen LogP contribution in [-0.2, 0) is 0 Å². The van der Waals surface area contributed by atoms with Crippen molar-refractivity contribution >= 4 is 14.5 Å². The number of halogens is 8. The highest BCUT2D eigenvalue weighted by atomic mass is 19.5. The van der Waals surface area contributed by atoms with Crippen LogP contribution in [0.25, 0.3) is 67.5 Å².